The topological polar surface area (TPSA) is 86.3 Å². The third-order valence-electron chi connectivity index (χ3n) is 7.04. The molecule has 8 nitrogen and oxygen atoms in total. The van der Waals surface area contributed by atoms with Crippen LogP contribution in [0.15, 0.2) is 60.8 Å². The van der Waals surface area contributed by atoms with Crippen LogP contribution in [0.1, 0.15) is 29.7 Å². The molecule has 39 heavy (non-hydrogen) atoms. The Morgan fingerprint density at radius 3 is 2.54 bits per heavy atom. The van der Waals surface area contributed by atoms with Crippen molar-refractivity contribution in [2.24, 2.45) is 5.92 Å². The number of carbonyl (C=O) groups is 1. The second-order valence-corrected chi connectivity index (χ2v) is 10.8. The van der Waals surface area contributed by atoms with Crippen molar-refractivity contribution < 1.29 is 4.79 Å². The molecule has 4 aromatic rings. The lowest BCUT2D eigenvalue weighted by Gasteiger charge is -2.31. The normalized spacial score (nSPS) is 14.4. The fourth-order valence-electron chi connectivity index (χ4n) is 4.82. The summed E-state index contributed by atoms with van der Waals surface area (Å²) in [6.07, 6.45) is 3.39. The number of fused-ring (bicyclic) bond motifs is 1. The van der Waals surface area contributed by atoms with Crippen LogP contribution in [-0.4, -0.2) is 52.9 Å². The summed E-state index contributed by atoms with van der Waals surface area (Å²) in [6.45, 7) is 5.16. The van der Waals surface area contributed by atoms with E-state index in [0.29, 0.717) is 17.5 Å². The number of nitrogens with zero attached hydrogens (tertiary/aromatic N) is 5. The Morgan fingerprint density at radius 2 is 1.82 bits per heavy atom. The number of nitrogens with one attached hydrogen (secondary N) is 2. The van der Waals surface area contributed by atoms with E-state index in [-0.39, 0.29) is 11.8 Å². The van der Waals surface area contributed by atoms with Crippen molar-refractivity contribution in [2.45, 2.75) is 32.9 Å². The van der Waals surface area contributed by atoms with Crippen molar-refractivity contribution in [3.8, 4) is 0 Å². The number of amides is 1. The van der Waals surface area contributed by atoms with Crippen molar-refractivity contribution >= 4 is 45.9 Å². The highest BCUT2D eigenvalue weighted by atomic mass is 35.5. The van der Waals surface area contributed by atoms with Crippen LogP contribution in [0.3, 0.4) is 0 Å². The first-order chi connectivity index (χ1) is 18.8. The van der Waals surface area contributed by atoms with E-state index in [9.17, 15) is 4.79 Å². The monoisotopic (exact) mass is 543 g/mol. The molecule has 1 amide bonds. The lowest BCUT2D eigenvalue weighted by Crippen LogP contribution is -2.37. The van der Waals surface area contributed by atoms with Crippen molar-refractivity contribution in [3.63, 3.8) is 0 Å². The SMILES string of the molecule is Cc1ccc2c(NCc3ccc(NC(=O)C4CCN(Cc5cc(Cl)ccn5)CC4)cc3)nc(N(C)C)nc2c1. The second kappa shape index (κ2) is 12.0. The Hall–Kier alpha value is -3.75. The molecule has 0 atom stereocenters. The molecule has 0 bridgehead atoms. The summed E-state index contributed by atoms with van der Waals surface area (Å²) in [5, 5.41) is 8.27. The Kier molecular flexibility index (Phi) is 8.24. The number of aryl methyl sites for hydroxylation is 1. The van der Waals surface area contributed by atoms with Gasteiger partial charge in [-0.2, -0.15) is 4.98 Å². The van der Waals surface area contributed by atoms with Gasteiger partial charge >= 0.3 is 0 Å². The lowest BCUT2D eigenvalue weighted by molar-refractivity contribution is -0.121. The molecule has 5 rings (SSSR count). The van der Waals surface area contributed by atoms with Gasteiger partial charge in [0.2, 0.25) is 11.9 Å². The standard InChI is InChI=1S/C30H34ClN7O/c1-20-4-9-26-27(16-20)35-30(37(2)3)36-28(26)33-18-21-5-7-24(8-6-21)34-29(39)22-11-14-38(15-12-22)19-25-17-23(31)10-13-32-25/h4-10,13,16-17,22H,11-12,14-15,18-19H2,1-3H3,(H,34,39)(H,33,35,36). The van der Waals surface area contributed by atoms with Gasteiger partial charge in [-0.25, -0.2) is 4.98 Å². The van der Waals surface area contributed by atoms with Crippen LogP contribution in [0.2, 0.25) is 5.02 Å². The van der Waals surface area contributed by atoms with Crippen LogP contribution in [-0.2, 0) is 17.9 Å². The van der Waals surface area contributed by atoms with Crippen LogP contribution in [0.4, 0.5) is 17.5 Å². The molecule has 1 aliphatic heterocycles. The Balaban J connectivity index is 1.14. The summed E-state index contributed by atoms with van der Waals surface area (Å²) in [5.41, 5.74) is 4.95. The van der Waals surface area contributed by atoms with Crippen LogP contribution in [0.5, 0.6) is 0 Å². The van der Waals surface area contributed by atoms with E-state index in [1.54, 1.807) is 12.3 Å². The molecule has 0 aliphatic carbocycles. The molecule has 3 heterocycles. The second-order valence-electron chi connectivity index (χ2n) is 10.3. The summed E-state index contributed by atoms with van der Waals surface area (Å²) in [5.74, 6) is 1.56. The van der Waals surface area contributed by atoms with E-state index >= 15 is 0 Å². The van der Waals surface area contributed by atoms with Gasteiger partial charge in [0, 0.05) is 55.4 Å². The first-order valence-electron chi connectivity index (χ1n) is 13.3. The van der Waals surface area contributed by atoms with Crippen LogP contribution >= 0.6 is 11.6 Å². The Bertz CT molecular complexity index is 1450. The minimum Gasteiger partial charge on any atom is -0.365 e. The van der Waals surface area contributed by atoms with Gasteiger partial charge in [0.15, 0.2) is 0 Å². The van der Waals surface area contributed by atoms with Gasteiger partial charge in [0.1, 0.15) is 5.82 Å². The highest BCUT2D eigenvalue weighted by molar-refractivity contribution is 6.30. The van der Waals surface area contributed by atoms with Gasteiger partial charge in [-0.3, -0.25) is 14.7 Å². The number of carbonyl (C=O) groups excluding carboxylic acids is 1. The van der Waals surface area contributed by atoms with Gasteiger partial charge in [-0.15, -0.1) is 0 Å². The Morgan fingerprint density at radius 1 is 1.05 bits per heavy atom. The number of anilines is 3. The Labute approximate surface area is 234 Å². The summed E-state index contributed by atoms with van der Waals surface area (Å²) in [6, 6.07) is 17.9. The van der Waals surface area contributed by atoms with E-state index in [1.165, 1.54) is 0 Å². The van der Waals surface area contributed by atoms with Gasteiger partial charge in [0.05, 0.1) is 11.2 Å². The van der Waals surface area contributed by atoms with E-state index in [1.807, 2.05) is 49.3 Å². The molecule has 0 unspecified atom stereocenters. The molecule has 0 saturated carbocycles. The summed E-state index contributed by atoms with van der Waals surface area (Å²) >= 11 is 6.08. The number of benzene rings is 2. The molecule has 0 radical (unpaired) electrons. The molecular formula is C30H34ClN7O. The smallest absolute Gasteiger partial charge is 0.227 e. The van der Waals surface area contributed by atoms with Gasteiger partial charge in [0.25, 0.3) is 0 Å². The predicted molar refractivity (Wildman–Crippen MR) is 158 cm³/mol. The van der Waals surface area contributed by atoms with E-state index < -0.39 is 0 Å². The molecule has 1 aliphatic rings. The zero-order valence-corrected chi connectivity index (χ0v) is 23.4. The molecule has 2 N–H and O–H groups in total. The molecule has 9 heteroatoms. The quantitative estimate of drug-likeness (QED) is 0.303. The maximum atomic E-state index is 12.9. The molecule has 1 fully saturated rings. The fraction of sp³-hybridized carbons (Fsp3) is 0.333. The molecular weight excluding hydrogens is 510 g/mol. The largest absolute Gasteiger partial charge is 0.365 e. The van der Waals surface area contributed by atoms with Crippen molar-refractivity contribution in [1.29, 1.82) is 0 Å². The number of hydrogen-bond acceptors (Lipinski definition) is 7. The van der Waals surface area contributed by atoms with Gasteiger partial charge in [-0.05, 0) is 80.4 Å². The average Bonchev–Trinajstić information content (AvgIpc) is 2.92. The van der Waals surface area contributed by atoms with Crippen LogP contribution < -0.4 is 15.5 Å². The fourth-order valence-corrected chi connectivity index (χ4v) is 5.00. The number of hydrogen-bond donors (Lipinski definition) is 2. The molecule has 2 aromatic carbocycles. The third kappa shape index (κ3) is 6.82. The van der Waals surface area contributed by atoms with Crippen molar-refractivity contribution in [3.05, 3.63) is 82.6 Å². The van der Waals surface area contributed by atoms with Crippen LogP contribution in [0, 0.1) is 12.8 Å². The number of pyridine rings is 1. The molecule has 202 valence electrons. The van der Waals surface area contributed by atoms with E-state index in [0.717, 1.165) is 71.7 Å². The summed E-state index contributed by atoms with van der Waals surface area (Å²) in [7, 11) is 3.88. The van der Waals surface area contributed by atoms with Crippen molar-refractivity contribution in [1.82, 2.24) is 19.9 Å². The molecule has 0 spiro atoms. The predicted octanol–water partition coefficient (Wildman–Crippen LogP) is 5.52. The lowest BCUT2D eigenvalue weighted by atomic mass is 9.95. The van der Waals surface area contributed by atoms with E-state index in [2.05, 4.69) is 50.6 Å². The average molecular weight is 544 g/mol. The zero-order valence-electron chi connectivity index (χ0n) is 22.6. The zero-order chi connectivity index (χ0) is 27.4. The first-order valence-corrected chi connectivity index (χ1v) is 13.6. The minimum atomic E-state index is 0.00971. The summed E-state index contributed by atoms with van der Waals surface area (Å²) in [4.78, 5) is 30.9. The highest BCUT2D eigenvalue weighted by Gasteiger charge is 2.25. The maximum absolute atomic E-state index is 12.9. The van der Waals surface area contributed by atoms with Gasteiger partial charge < -0.3 is 15.5 Å². The first kappa shape index (κ1) is 26.8. The van der Waals surface area contributed by atoms with Crippen LogP contribution in [0.25, 0.3) is 10.9 Å². The molecule has 1 saturated heterocycles. The summed E-state index contributed by atoms with van der Waals surface area (Å²) < 4.78 is 0. The third-order valence-corrected chi connectivity index (χ3v) is 7.28. The number of likely N-dealkylation sites (tertiary alicyclic amines) is 1. The highest BCUT2D eigenvalue weighted by Crippen LogP contribution is 2.25. The number of piperidine rings is 1. The van der Waals surface area contributed by atoms with Crippen molar-refractivity contribution in [2.75, 3.05) is 42.7 Å². The minimum absolute atomic E-state index is 0.00971. The van der Waals surface area contributed by atoms with Gasteiger partial charge in [-0.1, -0.05) is 29.8 Å². The number of rotatable bonds is 8. The molecule has 2 aromatic heterocycles. The maximum Gasteiger partial charge on any atom is 0.227 e. The van der Waals surface area contributed by atoms with E-state index in [4.69, 9.17) is 16.6 Å². The number of aromatic nitrogens is 3. The number of halogens is 1.